The smallest absolute Gasteiger partial charge is 0.193 e. The van der Waals surface area contributed by atoms with Gasteiger partial charge in [-0.3, -0.25) is 0 Å². The fourth-order valence-electron chi connectivity index (χ4n) is 2.40. The molecule has 4 heteroatoms. The molecule has 1 aliphatic heterocycles. The van der Waals surface area contributed by atoms with E-state index < -0.39 is 5.79 Å². The standard InChI is InChI=1S/C15H20Cl2O2/c1-3-4-5-6-12-10-18-15(2,19-12)13-8-7-11(16)9-14(13)17/h7-9,12H,3-6,10H2,1-2H3. The maximum Gasteiger partial charge on any atom is 0.193 e. The zero-order chi connectivity index (χ0) is 13.9. The first kappa shape index (κ1) is 15.1. The average molecular weight is 303 g/mol. The zero-order valence-electron chi connectivity index (χ0n) is 11.4. The van der Waals surface area contributed by atoms with Gasteiger partial charge >= 0.3 is 0 Å². The number of halogens is 2. The lowest BCUT2D eigenvalue weighted by atomic mass is 10.1. The van der Waals surface area contributed by atoms with Crippen LogP contribution in [-0.2, 0) is 15.3 Å². The van der Waals surface area contributed by atoms with Gasteiger partial charge in [-0.15, -0.1) is 0 Å². The van der Waals surface area contributed by atoms with Gasteiger partial charge in [-0.05, 0) is 25.5 Å². The molecule has 0 aromatic heterocycles. The van der Waals surface area contributed by atoms with Gasteiger partial charge in [0.25, 0.3) is 0 Å². The van der Waals surface area contributed by atoms with Crippen LogP contribution in [0.25, 0.3) is 0 Å². The summed E-state index contributed by atoms with van der Waals surface area (Å²) in [5.41, 5.74) is 0.844. The minimum absolute atomic E-state index is 0.156. The van der Waals surface area contributed by atoms with Crippen molar-refractivity contribution >= 4 is 23.2 Å². The van der Waals surface area contributed by atoms with Crippen molar-refractivity contribution in [2.75, 3.05) is 6.61 Å². The second-order valence-electron chi connectivity index (χ2n) is 5.12. The highest BCUT2D eigenvalue weighted by Gasteiger charge is 2.39. The lowest BCUT2D eigenvalue weighted by molar-refractivity contribution is -0.162. The van der Waals surface area contributed by atoms with Gasteiger partial charge in [-0.25, -0.2) is 0 Å². The van der Waals surface area contributed by atoms with Crippen LogP contribution in [0.5, 0.6) is 0 Å². The lowest BCUT2D eigenvalue weighted by Crippen LogP contribution is -2.24. The second-order valence-corrected chi connectivity index (χ2v) is 5.96. The largest absolute Gasteiger partial charge is 0.343 e. The lowest BCUT2D eigenvalue weighted by Gasteiger charge is -2.25. The van der Waals surface area contributed by atoms with E-state index in [1.54, 1.807) is 6.07 Å². The average Bonchev–Trinajstić information content (AvgIpc) is 2.72. The summed E-state index contributed by atoms with van der Waals surface area (Å²) in [6.07, 6.45) is 4.82. The van der Waals surface area contributed by atoms with Gasteiger partial charge in [0.05, 0.1) is 17.7 Å². The molecule has 0 radical (unpaired) electrons. The van der Waals surface area contributed by atoms with Crippen LogP contribution in [0.3, 0.4) is 0 Å². The van der Waals surface area contributed by atoms with Crippen LogP contribution in [0.15, 0.2) is 18.2 Å². The summed E-state index contributed by atoms with van der Waals surface area (Å²) in [5, 5.41) is 1.21. The number of benzene rings is 1. The Kier molecular flexibility index (Phi) is 5.13. The number of hydrogen-bond acceptors (Lipinski definition) is 2. The van der Waals surface area contributed by atoms with Crippen molar-refractivity contribution in [3.8, 4) is 0 Å². The number of ether oxygens (including phenoxy) is 2. The van der Waals surface area contributed by atoms with E-state index in [1.807, 2.05) is 19.1 Å². The fraction of sp³-hybridized carbons (Fsp3) is 0.600. The number of unbranched alkanes of at least 4 members (excludes halogenated alkanes) is 2. The van der Waals surface area contributed by atoms with E-state index in [0.717, 1.165) is 12.0 Å². The van der Waals surface area contributed by atoms with Gasteiger partial charge in [-0.1, -0.05) is 55.5 Å². The van der Waals surface area contributed by atoms with E-state index in [0.29, 0.717) is 16.7 Å². The highest BCUT2D eigenvalue weighted by Crippen LogP contribution is 2.39. The maximum atomic E-state index is 6.23. The first-order valence-electron chi connectivity index (χ1n) is 6.82. The van der Waals surface area contributed by atoms with Crippen molar-refractivity contribution in [3.63, 3.8) is 0 Å². The Morgan fingerprint density at radius 2 is 2.11 bits per heavy atom. The zero-order valence-corrected chi connectivity index (χ0v) is 12.9. The molecule has 0 bridgehead atoms. The Morgan fingerprint density at radius 3 is 2.79 bits per heavy atom. The molecule has 2 unspecified atom stereocenters. The normalized spacial score (nSPS) is 26.8. The van der Waals surface area contributed by atoms with Gasteiger partial charge in [0, 0.05) is 10.6 Å². The van der Waals surface area contributed by atoms with Crippen LogP contribution >= 0.6 is 23.2 Å². The van der Waals surface area contributed by atoms with E-state index in [4.69, 9.17) is 32.7 Å². The molecule has 0 N–H and O–H groups in total. The predicted octanol–water partition coefficient (Wildman–Crippen LogP) is 5.16. The SMILES string of the molecule is CCCCCC1COC(C)(c2ccc(Cl)cc2Cl)O1. The molecular formula is C15H20Cl2O2. The molecule has 1 saturated heterocycles. The summed E-state index contributed by atoms with van der Waals surface area (Å²) in [4.78, 5) is 0. The van der Waals surface area contributed by atoms with Gasteiger partial charge in [0.2, 0.25) is 0 Å². The van der Waals surface area contributed by atoms with Crippen molar-refractivity contribution in [1.82, 2.24) is 0 Å². The summed E-state index contributed by atoms with van der Waals surface area (Å²) < 4.78 is 11.9. The van der Waals surface area contributed by atoms with Crippen molar-refractivity contribution in [2.24, 2.45) is 0 Å². The molecule has 0 amide bonds. The summed E-state index contributed by atoms with van der Waals surface area (Å²) in [6, 6.07) is 5.41. The van der Waals surface area contributed by atoms with E-state index in [1.165, 1.54) is 19.3 Å². The fourth-order valence-corrected chi connectivity index (χ4v) is 2.98. The molecule has 19 heavy (non-hydrogen) atoms. The second kappa shape index (κ2) is 6.45. The molecule has 1 aliphatic rings. The molecular weight excluding hydrogens is 283 g/mol. The number of rotatable bonds is 5. The Morgan fingerprint density at radius 1 is 1.32 bits per heavy atom. The van der Waals surface area contributed by atoms with Crippen LogP contribution in [0.1, 0.15) is 45.1 Å². The molecule has 106 valence electrons. The molecule has 1 aromatic carbocycles. The van der Waals surface area contributed by atoms with Crippen LogP contribution < -0.4 is 0 Å². The van der Waals surface area contributed by atoms with Crippen LogP contribution in [-0.4, -0.2) is 12.7 Å². The van der Waals surface area contributed by atoms with Crippen molar-refractivity contribution in [2.45, 2.75) is 51.4 Å². The summed E-state index contributed by atoms with van der Waals surface area (Å²) in [6.45, 7) is 4.74. The highest BCUT2D eigenvalue weighted by molar-refractivity contribution is 6.35. The molecule has 1 fully saturated rings. The summed E-state index contributed by atoms with van der Waals surface area (Å²) in [5.74, 6) is -0.751. The highest BCUT2D eigenvalue weighted by atomic mass is 35.5. The Labute approximate surface area is 125 Å². The van der Waals surface area contributed by atoms with Crippen LogP contribution in [0, 0.1) is 0 Å². The third-order valence-electron chi connectivity index (χ3n) is 3.49. The van der Waals surface area contributed by atoms with E-state index in [2.05, 4.69) is 6.92 Å². The van der Waals surface area contributed by atoms with Gasteiger partial charge < -0.3 is 9.47 Å². The van der Waals surface area contributed by atoms with Crippen LogP contribution in [0.4, 0.5) is 0 Å². The third kappa shape index (κ3) is 3.63. The first-order valence-corrected chi connectivity index (χ1v) is 7.58. The summed E-state index contributed by atoms with van der Waals surface area (Å²) >= 11 is 12.1. The van der Waals surface area contributed by atoms with Gasteiger partial charge in [0.1, 0.15) is 0 Å². The molecule has 0 spiro atoms. The molecule has 2 rings (SSSR count). The molecule has 1 aromatic rings. The Bertz CT molecular complexity index is 436. The van der Waals surface area contributed by atoms with Crippen molar-refractivity contribution in [3.05, 3.63) is 33.8 Å². The molecule has 1 heterocycles. The third-order valence-corrected chi connectivity index (χ3v) is 4.03. The van der Waals surface area contributed by atoms with Crippen molar-refractivity contribution in [1.29, 1.82) is 0 Å². The first-order chi connectivity index (χ1) is 9.05. The number of hydrogen-bond donors (Lipinski definition) is 0. The summed E-state index contributed by atoms with van der Waals surface area (Å²) in [7, 11) is 0. The minimum atomic E-state index is -0.751. The van der Waals surface area contributed by atoms with E-state index in [9.17, 15) is 0 Å². The van der Waals surface area contributed by atoms with E-state index >= 15 is 0 Å². The predicted molar refractivity (Wildman–Crippen MR) is 78.8 cm³/mol. The minimum Gasteiger partial charge on any atom is -0.343 e. The van der Waals surface area contributed by atoms with Crippen molar-refractivity contribution < 1.29 is 9.47 Å². The topological polar surface area (TPSA) is 18.5 Å². The maximum absolute atomic E-state index is 6.23. The molecule has 2 nitrogen and oxygen atoms in total. The molecule has 2 atom stereocenters. The van der Waals surface area contributed by atoms with Gasteiger partial charge in [-0.2, -0.15) is 0 Å². The molecule has 0 aliphatic carbocycles. The van der Waals surface area contributed by atoms with E-state index in [-0.39, 0.29) is 6.10 Å². The van der Waals surface area contributed by atoms with Crippen LogP contribution in [0.2, 0.25) is 10.0 Å². The monoisotopic (exact) mass is 302 g/mol. The molecule has 0 saturated carbocycles. The Hall–Kier alpha value is -0.280. The van der Waals surface area contributed by atoms with Gasteiger partial charge in [0.15, 0.2) is 5.79 Å². The quantitative estimate of drug-likeness (QED) is 0.699. The Balaban J connectivity index is 2.04.